The maximum atomic E-state index is 12.1. The number of rotatable bonds is 2. The van der Waals surface area contributed by atoms with Gasteiger partial charge in [0.1, 0.15) is 13.0 Å². The molecule has 1 rings (SSSR count). The average Bonchev–Trinajstić information content (AvgIpc) is 2.36. The Morgan fingerprint density at radius 3 is 2.78 bits per heavy atom. The lowest BCUT2D eigenvalue weighted by atomic mass is 9.91. The van der Waals surface area contributed by atoms with Gasteiger partial charge in [0, 0.05) is 6.54 Å². The Hall–Kier alpha value is -0.440. The molecule has 0 radical (unpaired) electrons. The third kappa shape index (κ3) is 1.10. The van der Waals surface area contributed by atoms with E-state index in [2.05, 4.69) is 5.32 Å². The number of halogens is 1. The molecule has 0 aliphatic carbocycles. The highest BCUT2D eigenvalue weighted by Gasteiger charge is 2.33. The van der Waals surface area contributed by atoms with Crippen molar-refractivity contribution in [1.29, 1.82) is 0 Å². The van der Waals surface area contributed by atoms with Crippen LogP contribution in [0.4, 0.5) is 4.39 Å². The Morgan fingerprint density at radius 2 is 2.56 bits per heavy atom. The molecular formula is C6H10FNO. The van der Waals surface area contributed by atoms with Crippen molar-refractivity contribution >= 4 is 6.29 Å². The van der Waals surface area contributed by atoms with E-state index in [-0.39, 0.29) is 0 Å². The van der Waals surface area contributed by atoms with Crippen LogP contribution < -0.4 is 5.32 Å². The first-order valence-electron chi connectivity index (χ1n) is 3.06. The molecule has 1 aliphatic heterocycles. The van der Waals surface area contributed by atoms with E-state index in [4.69, 9.17) is 0 Å². The van der Waals surface area contributed by atoms with Crippen LogP contribution in [0.2, 0.25) is 0 Å². The number of carbonyl (C=O) groups is 1. The number of aldehydes is 1. The third-order valence-corrected chi connectivity index (χ3v) is 1.79. The van der Waals surface area contributed by atoms with E-state index >= 15 is 0 Å². The summed E-state index contributed by atoms with van der Waals surface area (Å²) in [6.45, 7) is 0.749. The van der Waals surface area contributed by atoms with Gasteiger partial charge < -0.3 is 10.1 Å². The van der Waals surface area contributed by atoms with Crippen molar-refractivity contribution in [1.82, 2.24) is 5.32 Å². The van der Waals surface area contributed by atoms with Gasteiger partial charge in [-0.25, -0.2) is 4.39 Å². The molecule has 1 heterocycles. The van der Waals surface area contributed by atoms with Crippen LogP contribution in [-0.2, 0) is 4.79 Å². The summed E-state index contributed by atoms with van der Waals surface area (Å²) in [4.78, 5) is 10.3. The van der Waals surface area contributed by atoms with E-state index in [1.54, 1.807) is 0 Å². The predicted octanol–water partition coefficient (Wildman–Crippen LogP) is 0.135. The predicted molar refractivity (Wildman–Crippen MR) is 32.0 cm³/mol. The topological polar surface area (TPSA) is 29.1 Å². The molecule has 52 valence electrons. The highest BCUT2D eigenvalue weighted by atomic mass is 19.1. The van der Waals surface area contributed by atoms with Crippen LogP contribution in [0.5, 0.6) is 0 Å². The number of nitrogens with one attached hydrogen (secondary N) is 1. The van der Waals surface area contributed by atoms with E-state index < -0.39 is 12.1 Å². The van der Waals surface area contributed by atoms with Crippen molar-refractivity contribution in [3.8, 4) is 0 Å². The molecule has 1 atom stereocenters. The smallest absolute Gasteiger partial charge is 0.130 e. The van der Waals surface area contributed by atoms with E-state index in [0.29, 0.717) is 13.0 Å². The summed E-state index contributed by atoms with van der Waals surface area (Å²) < 4.78 is 12.1. The lowest BCUT2D eigenvalue weighted by molar-refractivity contribution is -0.116. The molecule has 0 spiro atoms. The van der Waals surface area contributed by atoms with Gasteiger partial charge in [-0.15, -0.1) is 0 Å². The van der Waals surface area contributed by atoms with Gasteiger partial charge in [0.05, 0.1) is 5.41 Å². The highest BCUT2D eigenvalue weighted by molar-refractivity contribution is 5.60. The Labute approximate surface area is 53.4 Å². The monoisotopic (exact) mass is 131 g/mol. The SMILES string of the molecule is O=CC1(CF)CCNC1. The van der Waals surface area contributed by atoms with Gasteiger partial charge in [-0.3, -0.25) is 0 Å². The first-order valence-corrected chi connectivity index (χ1v) is 3.06. The lowest BCUT2D eigenvalue weighted by Gasteiger charge is -2.14. The maximum absolute atomic E-state index is 12.1. The Morgan fingerprint density at radius 1 is 1.78 bits per heavy atom. The molecule has 2 nitrogen and oxygen atoms in total. The molecule has 1 saturated heterocycles. The minimum absolute atomic E-state index is 0.507. The molecular weight excluding hydrogens is 121 g/mol. The minimum atomic E-state index is -0.681. The van der Waals surface area contributed by atoms with Crippen LogP contribution in [0, 0.1) is 5.41 Å². The summed E-state index contributed by atoms with van der Waals surface area (Å²) >= 11 is 0. The standard InChI is InChI=1S/C6H10FNO/c7-3-6(5-9)1-2-8-4-6/h5,8H,1-4H2. The van der Waals surface area contributed by atoms with Gasteiger partial charge in [0.2, 0.25) is 0 Å². The molecule has 3 heteroatoms. The van der Waals surface area contributed by atoms with Crippen molar-refractivity contribution in [3.63, 3.8) is 0 Å². The number of hydrogen-bond acceptors (Lipinski definition) is 2. The summed E-state index contributed by atoms with van der Waals surface area (Å²) in [5.41, 5.74) is -0.681. The molecule has 0 aromatic carbocycles. The second-order valence-electron chi connectivity index (χ2n) is 2.54. The molecule has 0 saturated carbocycles. The Kier molecular flexibility index (Phi) is 1.81. The number of alkyl halides is 1. The van der Waals surface area contributed by atoms with Gasteiger partial charge in [-0.2, -0.15) is 0 Å². The normalized spacial score (nSPS) is 34.8. The fraction of sp³-hybridized carbons (Fsp3) is 0.833. The molecule has 1 N–H and O–H groups in total. The van der Waals surface area contributed by atoms with Gasteiger partial charge in [-0.1, -0.05) is 0 Å². The van der Waals surface area contributed by atoms with Crippen LogP contribution in [0.1, 0.15) is 6.42 Å². The summed E-state index contributed by atoms with van der Waals surface area (Å²) in [5.74, 6) is 0. The third-order valence-electron chi connectivity index (χ3n) is 1.79. The van der Waals surface area contributed by atoms with E-state index in [9.17, 15) is 9.18 Å². The van der Waals surface area contributed by atoms with E-state index in [0.717, 1.165) is 12.8 Å². The maximum Gasteiger partial charge on any atom is 0.130 e. The molecule has 0 bridgehead atoms. The average molecular weight is 131 g/mol. The molecule has 9 heavy (non-hydrogen) atoms. The zero-order valence-electron chi connectivity index (χ0n) is 5.19. The fourth-order valence-corrected chi connectivity index (χ4v) is 1.01. The fourth-order valence-electron chi connectivity index (χ4n) is 1.01. The van der Waals surface area contributed by atoms with Crippen molar-refractivity contribution in [2.75, 3.05) is 19.8 Å². The summed E-state index contributed by atoms with van der Waals surface area (Å²) in [6, 6.07) is 0. The van der Waals surface area contributed by atoms with Crippen molar-refractivity contribution in [2.45, 2.75) is 6.42 Å². The van der Waals surface area contributed by atoms with Gasteiger partial charge in [0.25, 0.3) is 0 Å². The van der Waals surface area contributed by atoms with E-state index in [1.807, 2.05) is 0 Å². The van der Waals surface area contributed by atoms with Gasteiger partial charge in [-0.05, 0) is 13.0 Å². The van der Waals surface area contributed by atoms with Crippen molar-refractivity contribution in [2.24, 2.45) is 5.41 Å². The first kappa shape index (κ1) is 6.68. The molecule has 1 aliphatic rings. The molecule has 1 unspecified atom stereocenters. The van der Waals surface area contributed by atoms with Crippen LogP contribution in [-0.4, -0.2) is 26.1 Å². The molecule has 0 aromatic heterocycles. The quantitative estimate of drug-likeness (QED) is 0.540. The molecule has 0 amide bonds. The largest absolute Gasteiger partial charge is 0.316 e. The van der Waals surface area contributed by atoms with Crippen LogP contribution >= 0.6 is 0 Å². The van der Waals surface area contributed by atoms with Crippen molar-refractivity contribution in [3.05, 3.63) is 0 Å². The van der Waals surface area contributed by atoms with Crippen molar-refractivity contribution < 1.29 is 9.18 Å². The van der Waals surface area contributed by atoms with Gasteiger partial charge in [0.15, 0.2) is 0 Å². The number of hydrogen-bond donors (Lipinski definition) is 1. The van der Waals surface area contributed by atoms with Crippen LogP contribution in [0.25, 0.3) is 0 Å². The van der Waals surface area contributed by atoms with Gasteiger partial charge >= 0.3 is 0 Å². The van der Waals surface area contributed by atoms with E-state index in [1.165, 1.54) is 0 Å². The zero-order valence-corrected chi connectivity index (χ0v) is 5.19. The minimum Gasteiger partial charge on any atom is -0.316 e. The Balaban J connectivity index is 2.55. The second kappa shape index (κ2) is 2.43. The molecule has 0 aromatic rings. The second-order valence-corrected chi connectivity index (χ2v) is 2.54. The van der Waals surface area contributed by atoms with Crippen LogP contribution in [0.3, 0.4) is 0 Å². The molecule has 1 fully saturated rings. The van der Waals surface area contributed by atoms with Crippen LogP contribution in [0.15, 0.2) is 0 Å². The summed E-state index contributed by atoms with van der Waals surface area (Å²) in [7, 11) is 0. The number of carbonyl (C=O) groups excluding carboxylic acids is 1. The first-order chi connectivity index (χ1) is 4.33. The lowest BCUT2D eigenvalue weighted by Crippen LogP contribution is -2.27. The Bertz CT molecular complexity index is 110. The summed E-state index contributed by atoms with van der Waals surface area (Å²) in [5, 5.41) is 2.94. The summed E-state index contributed by atoms with van der Waals surface area (Å²) in [6.07, 6.45) is 1.38. The highest BCUT2D eigenvalue weighted by Crippen LogP contribution is 2.22. The zero-order chi connectivity index (χ0) is 6.74.